The third kappa shape index (κ3) is 1.40. The van der Waals surface area contributed by atoms with Crippen molar-refractivity contribution in [3.05, 3.63) is 17.5 Å². The summed E-state index contributed by atoms with van der Waals surface area (Å²) < 4.78 is 2.43. The van der Waals surface area contributed by atoms with Crippen LogP contribution in [0.15, 0.2) is 6.20 Å². The van der Waals surface area contributed by atoms with Crippen LogP contribution in [0.25, 0.3) is 0 Å². The van der Waals surface area contributed by atoms with Crippen LogP contribution in [0.2, 0.25) is 0 Å². The van der Waals surface area contributed by atoms with Gasteiger partial charge in [-0.15, -0.1) is 0 Å². The molecule has 1 unspecified atom stereocenters. The Hall–Kier alpha value is -0.830. The second-order valence-corrected chi connectivity index (χ2v) is 7.56. The van der Waals surface area contributed by atoms with Crippen molar-refractivity contribution >= 4 is 0 Å². The van der Waals surface area contributed by atoms with Gasteiger partial charge in [0.15, 0.2) is 0 Å². The van der Waals surface area contributed by atoms with Crippen LogP contribution in [-0.4, -0.2) is 9.78 Å². The van der Waals surface area contributed by atoms with E-state index in [1.165, 1.54) is 43.4 Å². The molecule has 19 heavy (non-hydrogen) atoms. The summed E-state index contributed by atoms with van der Waals surface area (Å²) in [4.78, 5) is 0. The Morgan fingerprint density at radius 3 is 2.42 bits per heavy atom. The summed E-state index contributed by atoms with van der Waals surface area (Å²) in [6.07, 6.45) is 11.8. The first-order valence-electron chi connectivity index (χ1n) is 8.11. The highest BCUT2D eigenvalue weighted by Crippen LogP contribution is 2.58. The highest BCUT2D eigenvalue weighted by molar-refractivity contribution is 5.28. The zero-order valence-corrected chi connectivity index (χ0v) is 11.5. The van der Waals surface area contributed by atoms with Gasteiger partial charge in [-0.25, -0.2) is 0 Å². The van der Waals surface area contributed by atoms with Gasteiger partial charge < -0.3 is 5.73 Å². The first-order chi connectivity index (χ1) is 9.29. The molecular formula is C16H23N3. The quantitative estimate of drug-likeness (QED) is 0.840. The van der Waals surface area contributed by atoms with E-state index in [0.29, 0.717) is 6.04 Å². The third-order valence-electron chi connectivity index (χ3n) is 6.48. The van der Waals surface area contributed by atoms with Gasteiger partial charge in [0.1, 0.15) is 0 Å². The molecule has 0 aromatic carbocycles. The van der Waals surface area contributed by atoms with E-state index in [1.54, 1.807) is 0 Å². The molecule has 3 nitrogen and oxygen atoms in total. The Morgan fingerprint density at radius 1 is 1.05 bits per heavy atom. The van der Waals surface area contributed by atoms with Crippen LogP contribution in [0, 0.1) is 23.7 Å². The monoisotopic (exact) mass is 257 g/mol. The van der Waals surface area contributed by atoms with E-state index in [-0.39, 0.29) is 6.04 Å². The lowest BCUT2D eigenvalue weighted by Gasteiger charge is -2.54. The van der Waals surface area contributed by atoms with E-state index >= 15 is 0 Å². The molecule has 4 bridgehead atoms. The van der Waals surface area contributed by atoms with Crippen LogP contribution >= 0.6 is 0 Å². The molecule has 1 atom stereocenters. The minimum absolute atomic E-state index is 0.251. The molecule has 0 radical (unpaired) electrons. The maximum absolute atomic E-state index is 6.18. The molecule has 0 aliphatic heterocycles. The van der Waals surface area contributed by atoms with E-state index in [1.807, 2.05) is 0 Å². The fraction of sp³-hybridized carbons (Fsp3) is 0.812. The van der Waals surface area contributed by atoms with Crippen molar-refractivity contribution in [2.75, 3.05) is 0 Å². The predicted molar refractivity (Wildman–Crippen MR) is 73.6 cm³/mol. The molecule has 0 spiro atoms. The lowest BCUT2D eigenvalue weighted by molar-refractivity contribution is -0.0345. The van der Waals surface area contributed by atoms with Crippen LogP contribution in [0.5, 0.6) is 0 Å². The van der Waals surface area contributed by atoms with Gasteiger partial charge in [0.25, 0.3) is 0 Å². The van der Waals surface area contributed by atoms with E-state index in [9.17, 15) is 0 Å². The van der Waals surface area contributed by atoms with Gasteiger partial charge in [-0.1, -0.05) is 0 Å². The van der Waals surface area contributed by atoms with Gasteiger partial charge in [-0.3, -0.25) is 4.68 Å². The molecule has 1 aromatic rings. The van der Waals surface area contributed by atoms with Crippen molar-refractivity contribution < 1.29 is 0 Å². The number of hydrogen-bond acceptors (Lipinski definition) is 2. The van der Waals surface area contributed by atoms with E-state index in [4.69, 9.17) is 10.8 Å². The Balaban J connectivity index is 1.55. The van der Waals surface area contributed by atoms with Crippen molar-refractivity contribution in [2.45, 2.75) is 57.0 Å². The van der Waals surface area contributed by atoms with Crippen LogP contribution in [-0.2, 0) is 6.42 Å². The van der Waals surface area contributed by atoms with Crippen LogP contribution in [0.1, 0.15) is 61.9 Å². The normalized spacial score (nSPS) is 46.8. The molecule has 0 saturated heterocycles. The van der Waals surface area contributed by atoms with Gasteiger partial charge in [0, 0.05) is 17.3 Å². The SMILES string of the molecule is NC1CCc2c1cnn2C1C2CC3CC(C2)CC1C3. The number of hydrogen-bond donors (Lipinski definition) is 1. The Morgan fingerprint density at radius 2 is 1.74 bits per heavy atom. The van der Waals surface area contributed by atoms with Crippen LogP contribution in [0.4, 0.5) is 0 Å². The molecule has 4 fully saturated rings. The third-order valence-corrected chi connectivity index (χ3v) is 6.48. The largest absolute Gasteiger partial charge is 0.324 e. The number of fused-ring (bicyclic) bond motifs is 1. The molecule has 5 aliphatic rings. The molecule has 2 N–H and O–H groups in total. The molecular weight excluding hydrogens is 234 g/mol. The Kier molecular flexibility index (Phi) is 2.08. The average molecular weight is 257 g/mol. The molecule has 1 heterocycles. The van der Waals surface area contributed by atoms with E-state index in [2.05, 4.69) is 10.9 Å². The lowest BCUT2D eigenvalue weighted by Crippen LogP contribution is -2.46. The summed E-state index contributed by atoms with van der Waals surface area (Å²) in [5.74, 6) is 3.92. The summed E-state index contributed by atoms with van der Waals surface area (Å²) >= 11 is 0. The summed E-state index contributed by atoms with van der Waals surface area (Å²) in [6, 6.07) is 0.961. The first kappa shape index (κ1) is 10.9. The summed E-state index contributed by atoms with van der Waals surface area (Å²) in [5, 5.41) is 4.77. The van der Waals surface area contributed by atoms with E-state index in [0.717, 1.165) is 36.5 Å². The average Bonchev–Trinajstić information content (AvgIpc) is 2.93. The zero-order valence-electron chi connectivity index (χ0n) is 11.5. The van der Waals surface area contributed by atoms with Crippen molar-refractivity contribution in [3.8, 4) is 0 Å². The van der Waals surface area contributed by atoms with Gasteiger partial charge in [-0.2, -0.15) is 5.10 Å². The fourth-order valence-corrected chi connectivity index (χ4v) is 5.97. The molecule has 6 rings (SSSR count). The number of nitrogens with two attached hydrogens (primary N) is 1. The Bertz CT molecular complexity index is 490. The second-order valence-electron chi connectivity index (χ2n) is 7.56. The van der Waals surface area contributed by atoms with Gasteiger partial charge in [0.05, 0.1) is 12.2 Å². The molecule has 5 aliphatic carbocycles. The Labute approximate surface area is 114 Å². The molecule has 4 saturated carbocycles. The molecule has 102 valence electrons. The van der Waals surface area contributed by atoms with Crippen molar-refractivity contribution in [2.24, 2.45) is 29.4 Å². The van der Waals surface area contributed by atoms with Crippen molar-refractivity contribution in [1.82, 2.24) is 9.78 Å². The second kappa shape index (κ2) is 3.63. The van der Waals surface area contributed by atoms with Gasteiger partial charge in [-0.05, 0) is 68.6 Å². The van der Waals surface area contributed by atoms with Crippen molar-refractivity contribution in [3.63, 3.8) is 0 Å². The minimum atomic E-state index is 0.251. The predicted octanol–water partition coefficient (Wildman–Crippen LogP) is 2.83. The minimum Gasteiger partial charge on any atom is -0.324 e. The maximum atomic E-state index is 6.18. The molecule has 0 amide bonds. The maximum Gasteiger partial charge on any atom is 0.0579 e. The van der Waals surface area contributed by atoms with Gasteiger partial charge in [0.2, 0.25) is 0 Å². The summed E-state index contributed by atoms with van der Waals surface area (Å²) in [6.45, 7) is 0. The summed E-state index contributed by atoms with van der Waals surface area (Å²) in [5.41, 5.74) is 9.00. The topological polar surface area (TPSA) is 43.8 Å². The molecule has 1 aromatic heterocycles. The van der Waals surface area contributed by atoms with Crippen molar-refractivity contribution in [1.29, 1.82) is 0 Å². The highest BCUT2D eigenvalue weighted by atomic mass is 15.3. The highest BCUT2D eigenvalue weighted by Gasteiger charge is 2.50. The molecule has 3 heteroatoms. The summed E-state index contributed by atoms with van der Waals surface area (Å²) in [7, 11) is 0. The van der Waals surface area contributed by atoms with E-state index < -0.39 is 0 Å². The fourth-order valence-electron chi connectivity index (χ4n) is 5.97. The van der Waals surface area contributed by atoms with Crippen LogP contribution in [0.3, 0.4) is 0 Å². The lowest BCUT2D eigenvalue weighted by atomic mass is 9.54. The smallest absolute Gasteiger partial charge is 0.0579 e. The number of aromatic nitrogens is 2. The number of rotatable bonds is 1. The van der Waals surface area contributed by atoms with Gasteiger partial charge >= 0.3 is 0 Å². The first-order valence-corrected chi connectivity index (χ1v) is 8.11. The standard InChI is InChI=1S/C16H23N3/c17-14-1-2-15-13(14)8-18-19(15)16-11-4-9-3-10(6-11)7-12(16)5-9/h8-12,14,16H,1-7,17H2. The number of nitrogens with zero attached hydrogens (tertiary/aromatic N) is 2. The zero-order chi connectivity index (χ0) is 12.6. The van der Waals surface area contributed by atoms with Crippen LogP contribution < -0.4 is 5.73 Å².